The molecule has 0 aromatic heterocycles. The van der Waals surface area contributed by atoms with E-state index in [2.05, 4.69) is 0 Å². The summed E-state index contributed by atoms with van der Waals surface area (Å²) < 4.78 is 33.7. The monoisotopic (exact) mass is 358 g/mol. The summed E-state index contributed by atoms with van der Waals surface area (Å²) in [6, 6.07) is 13.8. The number of hydrogen-bond donors (Lipinski definition) is 0. The quantitative estimate of drug-likeness (QED) is 0.786. The lowest BCUT2D eigenvalue weighted by atomic mass is 9.91. The summed E-state index contributed by atoms with van der Waals surface area (Å²) >= 11 is 0. The second-order valence-corrected chi connectivity index (χ2v) is 7.78. The van der Waals surface area contributed by atoms with Crippen LogP contribution in [0.4, 0.5) is 0 Å². The van der Waals surface area contributed by atoms with Crippen LogP contribution in [0.15, 0.2) is 53.4 Å². The molecule has 5 nitrogen and oxygen atoms in total. The van der Waals surface area contributed by atoms with Gasteiger partial charge in [0.15, 0.2) is 9.84 Å². The van der Waals surface area contributed by atoms with E-state index in [0.717, 1.165) is 11.1 Å². The van der Waals surface area contributed by atoms with Gasteiger partial charge in [-0.05, 0) is 41.0 Å². The van der Waals surface area contributed by atoms with Crippen molar-refractivity contribution in [2.45, 2.75) is 11.3 Å². The van der Waals surface area contributed by atoms with E-state index in [0.29, 0.717) is 29.9 Å². The van der Waals surface area contributed by atoms with Crippen LogP contribution in [0.1, 0.15) is 17.5 Å². The number of cyclic esters (lactones) is 1. The van der Waals surface area contributed by atoms with Crippen molar-refractivity contribution in [1.29, 1.82) is 0 Å². The molecule has 0 N–H and O–H groups in total. The molecule has 0 amide bonds. The summed E-state index contributed by atoms with van der Waals surface area (Å²) in [5, 5.41) is 0. The van der Waals surface area contributed by atoms with E-state index in [9.17, 15) is 13.2 Å². The van der Waals surface area contributed by atoms with Crippen LogP contribution in [-0.2, 0) is 19.4 Å². The van der Waals surface area contributed by atoms with E-state index >= 15 is 0 Å². The highest BCUT2D eigenvalue weighted by atomic mass is 32.2. The molecule has 0 spiro atoms. The van der Waals surface area contributed by atoms with Crippen LogP contribution in [0.25, 0.3) is 11.1 Å². The lowest BCUT2D eigenvalue weighted by molar-refractivity contribution is -0.136. The van der Waals surface area contributed by atoms with Gasteiger partial charge >= 0.3 is 5.97 Å². The van der Waals surface area contributed by atoms with Crippen molar-refractivity contribution in [3.63, 3.8) is 0 Å². The summed E-state index contributed by atoms with van der Waals surface area (Å²) in [5.74, 6) is 0.261. The molecule has 1 aliphatic heterocycles. The average molecular weight is 358 g/mol. The Kier molecular flexibility index (Phi) is 4.63. The number of rotatable bonds is 4. The van der Waals surface area contributed by atoms with E-state index < -0.39 is 9.84 Å². The van der Waals surface area contributed by atoms with E-state index in [1.807, 2.05) is 12.1 Å². The first-order chi connectivity index (χ1) is 11.9. The highest BCUT2D eigenvalue weighted by Crippen LogP contribution is 2.34. The van der Waals surface area contributed by atoms with Gasteiger partial charge in [0.05, 0.1) is 24.2 Å². The molecule has 25 heavy (non-hydrogen) atoms. The highest BCUT2D eigenvalue weighted by Gasteiger charge is 2.25. The molecule has 2 aromatic carbocycles. The Balaban J connectivity index is 2.13. The van der Waals surface area contributed by atoms with Crippen molar-refractivity contribution in [3.05, 3.63) is 59.7 Å². The molecule has 6 heteroatoms. The number of carbonyl (C=O) groups excluding carboxylic acids is 1. The van der Waals surface area contributed by atoms with Gasteiger partial charge in [0, 0.05) is 12.7 Å². The Morgan fingerprint density at radius 3 is 2.40 bits per heavy atom. The summed E-state index contributed by atoms with van der Waals surface area (Å²) in [4.78, 5) is 12.6. The number of methoxy groups -OCH3 is 1. The van der Waals surface area contributed by atoms with E-state index in [-0.39, 0.29) is 10.9 Å². The zero-order valence-electron chi connectivity index (χ0n) is 14.0. The van der Waals surface area contributed by atoms with Crippen LogP contribution in [0.5, 0.6) is 5.75 Å². The minimum Gasteiger partial charge on any atom is -0.497 e. The molecular formula is C19H18O5S. The van der Waals surface area contributed by atoms with E-state index in [1.165, 1.54) is 6.26 Å². The Bertz CT molecular complexity index is 940. The third kappa shape index (κ3) is 3.58. The second-order valence-electron chi connectivity index (χ2n) is 5.77. The van der Waals surface area contributed by atoms with Crippen LogP contribution < -0.4 is 4.74 Å². The fraction of sp³-hybridized carbons (Fsp3) is 0.211. The molecule has 2 aromatic rings. The van der Waals surface area contributed by atoms with Gasteiger partial charge in [0.1, 0.15) is 5.75 Å². The van der Waals surface area contributed by atoms with Crippen molar-refractivity contribution < 1.29 is 22.7 Å². The van der Waals surface area contributed by atoms with Crippen LogP contribution in [-0.4, -0.2) is 34.4 Å². The summed E-state index contributed by atoms with van der Waals surface area (Å²) in [6.45, 7) is 0.301. The normalized spacial score (nSPS) is 15.0. The van der Waals surface area contributed by atoms with Crippen LogP contribution in [0.2, 0.25) is 0 Å². The molecule has 1 heterocycles. The zero-order valence-corrected chi connectivity index (χ0v) is 14.8. The van der Waals surface area contributed by atoms with Crippen molar-refractivity contribution in [3.8, 4) is 5.75 Å². The van der Waals surface area contributed by atoms with Gasteiger partial charge < -0.3 is 9.47 Å². The SMILES string of the molecule is COc1cccc(C2=C(c3ccc(S(C)(=O)=O)cc3)CCOC2=O)c1. The minimum atomic E-state index is -3.26. The van der Waals surface area contributed by atoms with Gasteiger partial charge in [-0.2, -0.15) is 0 Å². The Hall–Kier alpha value is -2.60. The number of ether oxygens (including phenoxy) is 2. The molecule has 130 valence electrons. The molecule has 0 unspecified atom stereocenters. The van der Waals surface area contributed by atoms with E-state index in [4.69, 9.17) is 9.47 Å². The standard InChI is InChI=1S/C19H18O5S/c1-23-15-5-3-4-14(12-15)18-17(10-11-24-19(18)20)13-6-8-16(9-7-13)25(2,21)22/h3-9,12H,10-11H2,1-2H3. The lowest BCUT2D eigenvalue weighted by Gasteiger charge is -2.21. The molecule has 0 saturated heterocycles. The molecule has 0 atom stereocenters. The van der Waals surface area contributed by atoms with Crippen molar-refractivity contribution in [2.24, 2.45) is 0 Å². The molecule has 0 fully saturated rings. The largest absolute Gasteiger partial charge is 0.497 e. The first-order valence-corrected chi connectivity index (χ1v) is 9.64. The van der Waals surface area contributed by atoms with Gasteiger partial charge in [0.2, 0.25) is 0 Å². The molecule has 0 radical (unpaired) electrons. The van der Waals surface area contributed by atoms with Gasteiger partial charge in [-0.3, -0.25) is 0 Å². The predicted octanol–water partition coefficient (Wildman–Crippen LogP) is 2.96. The maximum absolute atomic E-state index is 12.4. The summed E-state index contributed by atoms with van der Waals surface area (Å²) in [6.07, 6.45) is 1.73. The minimum absolute atomic E-state index is 0.248. The van der Waals surface area contributed by atoms with Crippen molar-refractivity contribution in [2.75, 3.05) is 20.0 Å². The molecule has 0 aliphatic carbocycles. The van der Waals surface area contributed by atoms with Crippen LogP contribution >= 0.6 is 0 Å². The van der Waals surface area contributed by atoms with Crippen LogP contribution in [0, 0.1) is 0 Å². The number of sulfone groups is 1. The first-order valence-electron chi connectivity index (χ1n) is 7.75. The molecule has 0 bridgehead atoms. The maximum Gasteiger partial charge on any atom is 0.339 e. The molecule has 1 aliphatic rings. The number of carbonyl (C=O) groups is 1. The number of esters is 1. The Morgan fingerprint density at radius 1 is 1.04 bits per heavy atom. The predicted molar refractivity (Wildman–Crippen MR) is 94.9 cm³/mol. The second kappa shape index (κ2) is 6.72. The molecular weight excluding hydrogens is 340 g/mol. The number of hydrogen-bond acceptors (Lipinski definition) is 5. The zero-order chi connectivity index (χ0) is 18.0. The van der Waals surface area contributed by atoms with Crippen molar-refractivity contribution in [1.82, 2.24) is 0 Å². The summed E-state index contributed by atoms with van der Waals surface area (Å²) in [5.41, 5.74) is 2.84. The highest BCUT2D eigenvalue weighted by molar-refractivity contribution is 7.90. The molecule has 3 rings (SSSR count). The fourth-order valence-corrected chi connectivity index (χ4v) is 3.46. The van der Waals surface area contributed by atoms with E-state index in [1.54, 1.807) is 43.5 Å². The van der Waals surface area contributed by atoms with Gasteiger partial charge in [-0.25, -0.2) is 13.2 Å². The molecule has 0 saturated carbocycles. The number of benzene rings is 2. The topological polar surface area (TPSA) is 69.7 Å². The fourth-order valence-electron chi connectivity index (χ4n) is 2.83. The third-order valence-corrected chi connectivity index (χ3v) is 5.21. The van der Waals surface area contributed by atoms with Gasteiger partial charge in [-0.15, -0.1) is 0 Å². The van der Waals surface area contributed by atoms with Gasteiger partial charge in [-0.1, -0.05) is 24.3 Å². The lowest BCUT2D eigenvalue weighted by Crippen LogP contribution is -2.16. The Morgan fingerprint density at radius 2 is 1.76 bits per heavy atom. The van der Waals surface area contributed by atoms with Crippen LogP contribution in [0.3, 0.4) is 0 Å². The summed E-state index contributed by atoms with van der Waals surface area (Å²) in [7, 11) is -1.69. The maximum atomic E-state index is 12.4. The average Bonchev–Trinajstić information content (AvgIpc) is 2.61. The Labute approximate surface area is 146 Å². The smallest absolute Gasteiger partial charge is 0.339 e. The van der Waals surface area contributed by atoms with Crippen molar-refractivity contribution >= 4 is 27.0 Å². The first kappa shape index (κ1) is 17.2. The van der Waals surface area contributed by atoms with Gasteiger partial charge in [0.25, 0.3) is 0 Å². The third-order valence-electron chi connectivity index (χ3n) is 4.08.